The molecule has 4 aromatic rings. The van der Waals surface area contributed by atoms with Crippen LogP contribution in [-0.4, -0.2) is 32.8 Å². The third-order valence-electron chi connectivity index (χ3n) is 4.94. The molecule has 0 saturated heterocycles. The minimum Gasteiger partial charge on any atom is -0.343 e. The molecule has 0 saturated carbocycles. The third-order valence-corrected chi connectivity index (χ3v) is 4.94. The maximum absolute atomic E-state index is 12.2. The molecule has 0 spiro atoms. The number of fused-ring (bicyclic) bond motifs is 1. The van der Waals surface area contributed by atoms with Crippen molar-refractivity contribution in [1.29, 1.82) is 0 Å². The smallest absolute Gasteiger partial charge is 0.270 e. The lowest BCUT2D eigenvalue weighted by molar-refractivity contribution is -0.384. The lowest BCUT2D eigenvalue weighted by atomic mass is 10.2. The highest BCUT2D eigenvalue weighted by atomic mass is 16.6. The number of nitro groups is 1. The molecular formula is C23H19N5O4. The summed E-state index contributed by atoms with van der Waals surface area (Å²) in [4.78, 5) is 39.3. The van der Waals surface area contributed by atoms with Gasteiger partial charge < -0.3 is 15.2 Å². The van der Waals surface area contributed by atoms with Crippen molar-refractivity contribution in [2.24, 2.45) is 7.05 Å². The van der Waals surface area contributed by atoms with Gasteiger partial charge >= 0.3 is 0 Å². The first kappa shape index (κ1) is 20.7. The Morgan fingerprint density at radius 2 is 1.78 bits per heavy atom. The Hall–Kier alpha value is -4.53. The summed E-state index contributed by atoms with van der Waals surface area (Å²) in [5.41, 5.74) is 3.32. The number of rotatable bonds is 6. The number of nitrogens with zero attached hydrogens (tertiary/aromatic N) is 3. The number of anilines is 1. The Kier molecular flexibility index (Phi) is 5.63. The SMILES string of the molecule is Cn1c(-c2ccc(NC(=O)CNC(=O)c3cccc([N+](=O)[O-])c3)cc2)nc2ccccc21. The van der Waals surface area contributed by atoms with Gasteiger partial charge in [0.1, 0.15) is 5.82 Å². The van der Waals surface area contributed by atoms with Crippen LogP contribution < -0.4 is 10.6 Å². The van der Waals surface area contributed by atoms with Crippen LogP contribution >= 0.6 is 0 Å². The number of nitro benzene ring substituents is 1. The van der Waals surface area contributed by atoms with Crippen LogP contribution in [0, 0.1) is 10.1 Å². The van der Waals surface area contributed by atoms with Crippen LogP contribution in [0.4, 0.5) is 11.4 Å². The highest BCUT2D eigenvalue weighted by Crippen LogP contribution is 2.24. The van der Waals surface area contributed by atoms with Gasteiger partial charge in [0, 0.05) is 36.0 Å². The van der Waals surface area contributed by atoms with Crippen molar-refractivity contribution in [3.05, 3.63) is 88.5 Å². The summed E-state index contributed by atoms with van der Waals surface area (Å²) in [6.45, 7) is -0.270. The summed E-state index contributed by atoms with van der Waals surface area (Å²) >= 11 is 0. The molecule has 4 rings (SSSR count). The third kappa shape index (κ3) is 4.31. The van der Waals surface area contributed by atoms with E-state index in [2.05, 4.69) is 15.6 Å². The number of benzene rings is 3. The predicted molar refractivity (Wildman–Crippen MR) is 120 cm³/mol. The minimum atomic E-state index is -0.583. The lowest BCUT2D eigenvalue weighted by Crippen LogP contribution is -2.32. The number of aromatic nitrogens is 2. The first-order valence-electron chi connectivity index (χ1n) is 9.77. The van der Waals surface area contributed by atoms with Gasteiger partial charge in [0.25, 0.3) is 11.6 Å². The molecule has 2 N–H and O–H groups in total. The Morgan fingerprint density at radius 3 is 2.50 bits per heavy atom. The number of hydrogen-bond donors (Lipinski definition) is 2. The maximum Gasteiger partial charge on any atom is 0.270 e. The Bertz CT molecular complexity index is 1330. The quantitative estimate of drug-likeness (QED) is 0.359. The van der Waals surface area contributed by atoms with Gasteiger partial charge in [0.15, 0.2) is 0 Å². The minimum absolute atomic E-state index is 0.110. The Labute approximate surface area is 182 Å². The number of nitrogens with one attached hydrogen (secondary N) is 2. The van der Waals surface area contributed by atoms with Gasteiger partial charge in [-0.2, -0.15) is 0 Å². The van der Waals surface area contributed by atoms with Crippen LogP contribution in [0.2, 0.25) is 0 Å². The summed E-state index contributed by atoms with van der Waals surface area (Å²) in [5, 5.41) is 16.0. The van der Waals surface area contributed by atoms with Gasteiger partial charge in [-0.05, 0) is 42.5 Å². The van der Waals surface area contributed by atoms with Crippen LogP contribution in [0.1, 0.15) is 10.4 Å². The fraction of sp³-hybridized carbons (Fsp3) is 0.0870. The van der Waals surface area contributed by atoms with E-state index in [1.807, 2.05) is 48.0 Å². The Balaban J connectivity index is 1.37. The van der Waals surface area contributed by atoms with Gasteiger partial charge in [-0.1, -0.05) is 18.2 Å². The molecule has 0 atom stereocenters. The van der Waals surface area contributed by atoms with Crippen LogP contribution in [-0.2, 0) is 11.8 Å². The van der Waals surface area contributed by atoms with Crippen LogP contribution in [0.3, 0.4) is 0 Å². The zero-order chi connectivity index (χ0) is 22.7. The second-order valence-corrected chi connectivity index (χ2v) is 7.10. The van der Waals surface area contributed by atoms with Gasteiger partial charge in [-0.3, -0.25) is 19.7 Å². The van der Waals surface area contributed by atoms with E-state index >= 15 is 0 Å². The van der Waals surface area contributed by atoms with E-state index in [1.165, 1.54) is 18.2 Å². The number of para-hydroxylation sites is 2. The first-order chi connectivity index (χ1) is 15.4. The topological polar surface area (TPSA) is 119 Å². The molecule has 9 nitrogen and oxygen atoms in total. The zero-order valence-electron chi connectivity index (χ0n) is 17.1. The molecule has 32 heavy (non-hydrogen) atoms. The number of imidazole rings is 1. The van der Waals surface area contributed by atoms with Crippen molar-refractivity contribution in [2.45, 2.75) is 0 Å². The van der Waals surface area contributed by atoms with E-state index in [4.69, 9.17) is 0 Å². The second-order valence-electron chi connectivity index (χ2n) is 7.10. The van der Waals surface area contributed by atoms with Gasteiger partial charge in [-0.25, -0.2) is 4.98 Å². The zero-order valence-corrected chi connectivity index (χ0v) is 17.1. The van der Waals surface area contributed by atoms with E-state index in [1.54, 1.807) is 12.1 Å². The fourth-order valence-electron chi connectivity index (χ4n) is 3.33. The standard InChI is InChI=1S/C23H19N5O4/c1-27-20-8-3-2-7-19(20)26-22(27)15-9-11-17(12-10-15)25-21(29)14-24-23(30)16-5-4-6-18(13-16)28(31)32/h2-13H,14H2,1H3,(H,24,30)(H,25,29). The van der Waals surface area contributed by atoms with Crippen LogP contribution in [0.25, 0.3) is 22.4 Å². The van der Waals surface area contributed by atoms with Crippen molar-refractivity contribution < 1.29 is 14.5 Å². The molecule has 0 bridgehead atoms. The molecular weight excluding hydrogens is 410 g/mol. The van der Waals surface area contributed by atoms with Crippen molar-refractivity contribution >= 4 is 34.2 Å². The summed E-state index contributed by atoms with van der Waals surface area (Å²) in [6, 6.07) is 20.4. The summed E-state index contributed by atoms with van der Waals surface area (Å²) in [6.07, 6.45) is 0. The summed E-state index contributed by atoms with van der Waals surface area (Å²) < 4.78 is 2.01. The fourth-order valence-corrected chi connectivity index (χ4v) is 3.33. The average Bonchev–Trinajstić information content (AvgIpc) is 3.14. The molecule has 1 aromatic heterocycles. The largest absolute Gasteiger partial charge is 0.343 e. The highest BCUT2D eigenvalue weighted by Gasteiger charge is 2.13. The average molecular weight is 429 g/mol. The maximum atomic E-state index is 12.2. The molecule has 1 heterocycles. The van der Waals surface area contributed by atoms with E-state index in [9.17, 15) is 19.7 Å². The van der Waals surface area contributed by atoms with Crippen molar-refractivity contribution in [2.75, 3.05) is 11.9 Å². The molecule has 160 valence electrons. The predicted octanol–water partition coefficient (Wildman–Crippen LogP) is 3.52. The van der Waals surface area contributed by atoms with E-state index in [0.717, 1.165) is 28.5 Å². The normalized spacial score (nSPS) is 10.7. The molecule has 0 aliphatic carbocycles. The summed E-state index contributed by atoms with van der Waals surface area (Å²) in [7, 11) is 1.95. The highest BCUT2D eigenvalue weighted by molar-refractivity contribution is 5.99. The number of non-ortho nitro benzene ring substituents is 1. The number of amides is 2. The van der Waals surface area contributed by atoms with E-state index in [-0.39, 0.29) is 17.8 Å². The molecule has 0 aliphatic rings. The first-order valence-corrected chi connectivity index (χ1v) is 9.77. The van der Waals surface area contributed by atoms with E-state index < -0.39 is 16.7 Å². The number of carbonyl (C=O) groups is 2. The van der Waals surface area contributed by atoms with Crippen LogP contribution in [0.5, 0.6) is 0 Å². The monoisotopic (exact) mass is 429 g/mol. The number of carbonyl (C=O) groups excluding carboxylic acids is 2. The van der Waals surface area contributed by atoms with E-state index in [0.29, 0.717) is 5.69 Å². The Morgan fingerprint density at radius 1 is 1.03 bits per heavy atom. The van der Waals surface area contributed by atoms with Crippen LogP contribution in [0.15, 0.2) is 72.8 Å². The van der Waals surface area contributed by atoms with Crippen molar-refractivity contribution in [3.8, 4) is 11.4 Å². The summed E-state index contributed by atoms with van der Waals surface area (Å²) in [5.74, 6) is -0.173. The second kappa shape index (κ2) is 8.68. The van der Waals surface area contributed by atoms with Gasteiger partial charge in [0.2, 0.25) is 5.91 Å². The molecule has 2 amide bonds. The number of aryl methyl sites for hydroxylation is 1. The number of hydrogen-bond acceptors (Lipinski definition) is 5. The molecule has 0 fully saturated rings. The van der Waals surface area contributed by atoms with Gasteiger partial charge in [0.05, 0.1) is 22.5 Å². The molecule has 9 heteroatoms. The molecule has 0 radical (unpaired) electrons. The van der Waals surface area contributed by atoms with Gasteiger partial charge in [-0.15, -0.1) is 0 Å². The molecule has 3 aromatic carbocycles. The molecule has 0 aliphatic heterocycles. The van der Waals surface area contributed by atoms with Crippen molar-refractivity contribution in [1.82, 2.24) is 14.9 Å². The lowest BCUT2D eigenvalue weighted by Gasteiger charge is -2.08. The van der Waals surface area contributed by atoms with Crippen molar-refractivity contribution in [3.63, 3.8) is 0 Å². The molecule has 0 unspecified atom stereocenters.